The van der Waals surface area contributed by atoms with E-state index in [2.05, 4.69) is 28.9 Å². The van der Waals surface area contributed by atoms with Crippen molar-refractivity contribution < 1.29 is 9.53 Å². The molecule has 0 aliphatic heterocycles. The van der Waals surface area contributed by atoms with Crippen LogP contribution in [0.4, 0.5) is 0 Å². The largest absolute Gasteiger partial charge is 0.487 e. The molecule has 0 atom stereocenters. The molecule has 3 aliphatic carbocycles. The van der Waals surface area contributed by atoms with Crippen LogP contribution in [0.3, 0.4) is 0 Å². The molecule has 0 spiro atoms. The Bertz CT molecular complexity index is 959. The van der Waals surface area contributed by atoms with Crippen molar-refractivity contribution in [1.82, 2.24) is 3.11 Å². The number of ether oxygens (including phenoxy) is 1. The van der Waals surface area contributed by atoms with Gasteiger partial charge in [0.1, 0.15) is 17.4 Å². The number of benzene rings is 2. The zero-order valence-electron chi connectivity index (χ0n) is 16.3. The lowest BCUT2D eigenvalue weighted by Gasteiger charge is -2.55. The van der Waals surface area contributed by atoms with E-state index in [0.29, 0.717) is 16.3 Å². The predicted octanol–water partition coefficient (Wildman–Crippen LogP) is 6.24. The van der Waals surface area contributed by atoms with E-state index < -0.39 is 0 Å². The van der Waals surface area contributed by atoms with Crippen LogP contribution in [0.2, 0.25) is 5.02 Å². The summed E-state index contributed by atoms with van der Waals surface area (Å²) >= 11 is 8.38. The van der Waals surface area contributed by atoms with Crippen molar-refractivity contribution in [2.75, 3.05) is 0 Å². The Balaban J connectivity index is 1.46. The van der Waals surface area contributed by atoms with Gasteiger partial charge in [-0.05, 0) is 69.7 Å². The first-order valence-corrected chi connectivity index (χ1v) is 11.2. The maximum absolute atomic E-state index is 13.1. The molecule has 29 heavy (non-hydrogen) atoms. The molecular weight excluding hydrogens is 499 g/mol. The van der Waals surface area contributed by atoms with E-state index in [9.17, 15) is 4.79 Å². The van der Waals surface area contributed by atoms with Gasteiger partial charge >= 0.3 is 0 Å². The van der Waals surface area contributed by atoms with Crippen LogP contribution in [0.15, 0.2) is 42.5 Å². The highest BCUT2D eigenvalue weighted by molar-refractivity contribution is 14.1. The summed E-state index contributed by atoms with van der Waals surface area (Å²) in [6.45, 7) is 2.03. The summed E-state index contributed by atoms with van der Waals surface area (Å²) in [4.78, 5) is 13.1. The van der Waals surface area contributed by atoms with Crippen LogP contribution in [0.25, 0.3) is 0 Å². The molecule has 1 amide bonds. The lowest BCUT2D eigenvalue weighted by molar-refractivity contribution is -0.0644. The minimum Gasteiger partial charge on any atom is -0.487 e. The molecule has 4 nitrogen and oxygen atoms in total. The fourth-order valence-electron chi connectivity index (χ4n) is 4.50. The Morgan fingerprint density at radius 2 is 1.72 bits per heavy atom. The van der Waals surface area contributed by atoms with Crippen LogP contribution in [0, 0.1) is 18.3 Å². The van der Waals surface area contributed by atoms with Gasteiger partial charge < -0.3 is 4.74 Å². The van der Waals surface area contributed by atoms with Crippen molar-refractivity contribution in [3.8, 4) is 11.8 Å². The lowest BCUT2D eigenvalue weighted by Crippen LogP contribution is -2.59. The molecule has 0 unspecified atom stereocenters. The minimum atomic E-state index is -0.205. The molecule has 0 N–H and O–H groups in total. The quantitative estimate of drug-likeness (QED) is 0.354. The van der Waals surface area contributed by atoms with E-state index in [0.717, 1.165) is 49.7 Å². The number of carbonyl (C=O) groups is 1. The highest BCUT2D eigenvalue weighted by atomic mass is 127. The first kappa shape index (κ1) is 20.5. The highest BCUT2D eigenvalue weighted by Crippen LogP contribution is 2.53. The van der Waals surface area contributed by atoms with Crippen molar-refractivity contribution in [3.05, 3.63) is 64.2 Å². The van der Waals surface area contributed by atoms with Crippen LogP contribution >= 0.6 is 34.5 Å². The number of amides is 1. The first-order valence-electron chi connectivity index (χ1n) is 9.82. The second kappa shape index (κ2) is 7.81. The monoisotopic (exact) mass is 520 g/mol. The van der Waals surface area contributed by atoms with Gasteiger partial charge in [0.2, 0.25) is 0 Å². The summed E-state index contributed by atoms with van der Waals surface area (Å²) in [5, 5.41) is 9.47. The highest BCUT2D eigenvalue weighted by Gasteiger charge is 2.53. The van der Waals surface area contributed by atoms with Crippen molar-refractivity contribution >= 4 is 40.4 Å². The van der Waals surface area contributed by atoms with Gasteiger partial charge in [0, 0.05) is 11.6 Å². The normalized spacial score (nSPS) is 25.3. The summed E-state index contributed by atoms with van der Waals surface area (Å²) in [6.07, 6.45) is 5.51. The topological polar surface area (TPSA) is 53.3 Å². The van der Waals surface area contributed by atoms with Gasteiger partial charge in [-0.1, -0.05) is 29.3 Å². The molecule has 2 aromatic carbocycles. The third-order valence-corrected chi connectivity index (χ3v) is 8.20. The maximum Gasteiger partial charge on any atom is 0.263 e. The summed E-state index contributed by atoms with van der Waals surface area (Å²) in [6, 6.07) is 15.1. The van der Waals surface area contributed by atoms with Gasteiger partial charge in [0.25, 0.3) is 5.91 Å². The molecule has 0 aromatic heterocycles. The Kier molecular flexibility index (Phi) is 5.52. The van der Waals surface area contributed by atoms with Crippen LogP contribution in [0.5, 0.6) is 5.75 Å². The number of hydrogen-bond donors (Lipinski definition) is 0. The summed E-state index contributed by atoms with van der Waals surface area (Å²) < 4.78 is 8.34. The molecular formula is C23H22ClIN2O2. The van der Waals surface area contributed by atoms with Crippen molar-refractivity contribution in [3.63, 3.8) is 0 Å². The van der Waals surface area contributed by atoms with Gasteiger partial charge in [-0.15, -0.1) is 0 Å². The van der Waals surface area contributed by atoms with Gasteiger partial charge in [-0.2, -0.15) is 5.26 Å². The number of halogens is 2. The third-order valence-electron chi connectivity index (χ3n) is 6.43. The summed E-state index contributed by atoms with van der Waals surface area (Å²) in [5.41, 5.74) is 2.04. The molecule has 0 radical (unpaired) electrons. The zero-order chi connectivity index (χ0) is 20.6. The van der Waals surface area contributed by atoms with E-state index in [-0.39, 0.29) is 17.0 Å². The fraction of sp³-hybridized carbons (Fsp3) is 0.391. The van der Waals surface area contributed by atoms with Crippen LogP contribution in [-0.4, -0.2) is 20.2 Å². The Hall–Kier alpha value is -1.78. The van der Waals surface area contributed by atoms with E-state index in [1.807, 2.05) is 40.4 Å². The number of aryl methyl sites for hydroxylation is 1. The van der Waals surface area contributed by atoms with E-state index in [4.69, 9.17) is 21.6 Å². The zero-order valence-corrected chi connectivity index (χ0v) is 19.2. The summed E-state index contributed by atoms with van der Waals surface area (Å²) in [5.74, 6) is 0.797. The maximum atomic E-state index is 13.1. The summed E-state index contributed by atoms with van der Waals surface area (Å²) in [7, 11) is 0. The average Bonchev–Trinajstić information content (AvgIpc) is 2.74. The standard InChI is InChI=1S/C23H22ClIN2O2/c1-16-2-4-17(5-3-16)21(28)27(25)22-8-11-23(12-9-22,13-10-22)29-19-7-6-18(15-26)20(24)14-19/h2-7,14H,8-13H2,1H3. The fourth-order valence-corrected chi connectivity index (χ4v) is 5.72. The molecule has 2 aromatic rings. The van der Waals surface area contributed by atoms with E-state index >= 15 is 0 Å². The van der Waals surface area contributed by atoms with Gasteiger partial charge in [-0.25, -0.2) is 0 Å². The predicted molar refractivity (Wildman–Crippen MR) is 121 cm³/mol. The van der Waals surface area contributed by atoms with E-state index in [1.54, 1.807) is 12.1 Å². The Labute approximate surface area is 190 Å². The second-order valence-electron chi connectivity index (χ2n) is 8.21. The number of rotatable bonds is 4. The van der Waals surface area contributed by atoms with Crippen molar-refractivity contribution in [1.29, 1.82) is 5.26 Å². The van der Waals surface area contributed by atoms with Crippen LogP contribution in [0.1, 0.15) is 60.0 Å². The number of carbonyl (C=O) groups excluding carboxylic acids is 1. The SMILES string of the molecule is Cc1ccc(C(=O)N(I)C23CCC(Oc4ccc(C#N)c(Cl)c4)(CC2)CC3)cc1. The first-order chi connectivity index (χ1) is 13.9. The number of nitrogens with zero attached hydrogens (tertiary/aromatic N) is 2. The third kappa shape index (κ3) is 3.85. The van der Waals surface area contributed by atoms with Crippen molar-refractivity contribution in [2.24, 2.45) is 0 Å². The number of hydrogen-bond acceptors (Lipinski definition) is 3. The van der Waals surface area contributed by atoms with E-state index in [1.165, 1.54) is 0 Å². The average molecular weight is 521 g/mol. The van der Waals surface area contributed by atoms with Gasteiger partial charge in [-0.3, -0.25) is 7.91 Å². The molecule has 6 heteroatoms. The Morgan fingerprint density at radius 1 is 1.10 bits per heavy atom. The van der Waals surface area contributed by atoms with Crippen LogP contribution in [-0.2, 0) is 0 Å². The molecule has 3 aliphatic rings. The molecule has 0 heterocycles. The van der Waals surface area contributed by atoms with Crippen LogP contribution < -0.4 is 4.74 Å². The molecule has 3 saturated carbocycles. The van der Waals surface area contributed by atoms with Crippen molar-refractivity contribution in [2.45, 2.75) is 56.6 Å². The smallest absolute Gasteiger partial charge is 0.263 e. The molecule has 0 saturated heterocycles. The number of nitriles is 1. The molecule has 3 fully saturated rings. The number of fused-ring (bicyclic) bond motifs is 3. The van der Waals surface area contributed by atoms with Gasteiger partial charge in [0.05, 0.1) is 39.0 Å². The second-order valence-corrected chi connectivity index (χ2v) is 9.59. The molecule has 2 bridgehead atoms. The molecule has 5 rings (SSSR count). The molecule has 150 valence electrons. The lowest BCUT2D eigenvalue weighted by atomic mass is 9.63. The van der Waals surface area contributed by atoms with Gasteiger partial charge in [0.15, 0.2) is 0 Å². The Morgan fingerprint density at radius 3 is 2.28 bits per heavy atom. The minimum absolute atomic E-state index is 0.0831.